The first-order valence-electron chi connectivity index (χ1n) is 6.64. The number of ether oxygens (including phenoxy) is 1. The van der Waals surface area contributed by atoms with E-state index in [0.29, 0.717) is 12.3 Å². The van der Waals surface area contributed by atoms with Crippen LogP contribution in [0.2, 0.25) is 0 Å². The van der Waals surface area contributed by atoms with Crippen LogP contribution < -0.4 is 0 Å². The molecule has 0 aromatic rings. The van der Waals surface area contributed by atoms with Gasteiger partial charge in [0, 0.05) is 5.92 Å². The molecule has 0 heterocycles. The minimum absolute atomic E-state index is 0.0321. The summed E-state index contributed by atoms with van der Waals surface area (Å²) in [5.74, 6) is 1.84. The van der Waals surface area contributed by atoms with E-state index in [1.807, 2.05) is 0 Å². The Morgan fingerprint density at radius 1 is 1.56 bits per heavy atom. The Balaban J connectivity index is 2.15. The molecule has 3 nitrogen and oxygen atoms in total. The van der Waals surface area contributed by atoms with Crippen LogP contribution in [0.5, 0.6) is 0 Å². The monoisotopic (exact) mass is 248 g/mol. The van der Waals surface area contributed by atoms with Crippen molar-refractivity contribution in [3.8, 4) is 12.3 Å². The highest BCUT2D eigenvalue weighted by Gasteiger charge is 2.56. The Kier molecular flexibility index (Phi) is 3.47. The average molecular weight is 248 g/mol. The summed E-state index contributed by atoms with van der Waals surface area (Å²) in [4.78, 5) is 24.2. The molecule has 2 rings (SSSR count). The third-order valence-electron chi connectivity index (χ3n) is 4.96. The van der Waals surface area contributed by atoms with Gasteiger partial charge in [-0.15, -0.1) is 6.42 Å². The predicted molar refractivity (Wildman–Crippen MR) is 67.5 cm³/mol. The van der Waals surface area contributed by atoms with Crippen molar-refractivity contribution in [1.82, 2.24) is 0 Å². The van der Waals surface area contributed by atoms with Gasteiger partial charge in [0.15, 0.2) is 12.4 Å². The van der Waals surface area contributed by atoms with Gasteiger partial charge in [0.25, 0.3) is 0 Å². The number of fused-ring (bicyclic) bond motifs is 1. The zero-order chi connectivity index (χ0) is 13.3. The van der Waals surface area contributed by atoms with E-state index in [1.54, 1.807) is 0 Å². The van der Waals surface area contributed by atoms with Crippen LogP contribution in [-0.2, 0) is 14.3 Å². The van der Waals surface area contributed by atoms with Gasteiger partial charge in [-0.1, -0.05) is 32.6 Å². The van der Waals surface area contributed by atoms with Crippen LogP contribution >= 0.6 is 0 Å². The molecule has 0 bridgehead atoms. The molecule has 4 unspecified atom stereocenters. The van der Waals surface area contributed by atoms with Crippen LogP contribution in [0.4, 0.5) is 0 Å². The molecule has 98 valence electrons. The van der Waals surface area contributed by atoms with Crippen LogP contribution in [0.1, 0.15) is 39.5 Å². The van der Waals surface area contributed by atoms with Crippen LogP contribution in [0.3, 0.4) is 0 Å². The summed E-state index contributed by atoms with van der Waals surface area (Å²) in [6, 6.07) is 0. The molecule has 2 aliphatic carbocycles. The number of terminal acetylenes is 1. The van der Waals surface area contributed by atoms with Crippen LogP contribution in [0.15, 0.2) is 0 Å². The SMILES string of the molecule is C#CCOC(=O)C1CC2(C)C(C)CCCC2C1=O. The number of rotatable bonds is 2. The van der Waals surface area contributed by atoms with Crippen molar-refractivity contribution in [3.63, 3.8) is 0 Å². The molecule has 2 saturated carbocycles. The third kappa shape index (κ3) is 1.94. The van der Waals surface area contributed by atoms with E-state index >= 15 is 0 Å². The Labute approximate surface area is 108 Å². The van der Waals surface area contributed by atoms with Crippen LogP contribution in [-0.4, -0.2) is 18.4 Å². The second kappa shape index (κ2) is 4.76. The lowest BCUT2D eigenvalue weighted by Gasteiger charge is -2.40. The molecule has 0 aromatic carbocycles. The Morgan fingerprint density at radius 3 is 2.89 bits per heavy atom. The largest absolute Gasteiger partial charge is 0.452 e. The number of Topliss-reactive ketones (excluding diaryl/α,β-unsaturated/α-hetero) is 1. The van der Waals surface area contributed by atoms with Gasteiger partial charge in [-0.2, -0.15) is 0 Å². The molecule has 0 aromatic heterocycles. The van der Waals surface area contributed by atoms with Gasteiger partial charge in [0.05, 0.1) is 0 Å². The first kappa shape index (κ1) is 13.1. The normalized spacial score (nSPS) is 38.9. The zero-order valence-electron chi connectivity index (χ0n) is 11.1. The van der Waals surface area contributed by atoms with Gasteiger partial charge in [-0.3, -0.25) is 9.59 Å². The highest BCUT2D eigenvalue weighted by molar-refractivity contribution is 6.02. The fraction of sp³-hybridized carbons (Fsp3) is 0.733. The summed E-state index contributed by atoms with van der Waals surface area (Å²) in [6.07, 6.45) is 8.83. The van der Waals surface area contributed by atoms with Gasteiger partial charge in [0.2, 0.25) is 0 Å². The van der Waals surface area contributed by atoms with Gasteiger partial charge >= 0.3 is 5.97 Å². The molecule has 0 radical (unpaired) electrons. The lowest BCUT2D eigenvalue weighted by atomic mass is 9.63. The van der Waals surface area contributed by atoms with E-state index in [4.69, 9.17) is 11.2 Å². The van der Waals surface area contributed by atoms with Crippen molar-refractivity contribution >= 4 is 11.8 Å². The molecule has 2 aliphatic rings. The summed E-state index contributed by atoms with van der Waals surface area (Å²) in [6.45, 7) is 4.29. The number of carbonyl (C=O) groups excluding carboxylic acids is 2. The highest BCUT2D eigenvalue weighted by atomic mass is 16.5. The summed E-state index contributed by atoms with van der Waals surface area (Å²) in [5.41, 5.74) is -0.0326. The molecule has 4 atom stereocenters. The average Bonchev–Trinajstić information content (AvgIpc) is 2.62. The molecule has 0 aliphatic heterocycles. The lowest BCUT2D eigenvalue weighted by Crippen LogP contribution is -2.35. The van der Waals surface area contributed by atoms with Gasteiger partial charge in [-0.05, 0) is 24.2 Å². The van der Waals surface area contributed by atoms with E-state index in [1.165, 1.54) is 0 Å². The van der Waals surface area contributed by atoms with Gasteiger partial charge in [0.1, 0.15) is 5.92 Å². The number of ketones is 1. The van der Waals surface area contributed by atoms with E-state index in [0.717, 1.165) is 19.3 Å². The maximum atomic E-state index is 12.3. The van der Waals surface area contributed by atoms with Gasteiger partial charge in [-0.25, -0.2) is 0 Å². The molecular formula is C15H20O3. The Bertz CT molecular complexity index is 406. The molecular weight excluding hydrogens is 228 g/mol. The fourth-order valence-corrected chi connectivity index (χ4v) is 3.64. The second-order valence-electron chi connectivity index (χ2n) is 5.86. The minimum Gasteiger partial charge on any atom is -0.452 e. The minimum atomic E-state index is -0.589. The van der Waals surface area contributed by atoms with Crippen molar-refractivity contribution in [2.45, 2.75) is 39.5 Å². The lowest BCUT2D eigenvalue weighted by molar-refractivity contribution is -0.150. The topological polar surface area (TPSA) is 43.4 Å². The van der Waals surface area contributed by atoms with Crippen LogP contribution in [0, 0.1) is 35.5 Å². The number of carbonyl (C=O) groups is 2. The number of hydrogen-bond donors (Lipinski definition) is 0. The zero-order valence-corrected chi connectivity index (χ0v) is 11.1. The number of hydrogen-bond acceptors (Lipinski definition) is 3. The van der Waals surface area contributed by atoms with Crippen molar-refractivity contribution in [3.05, 3.63) is 0 Å². The standard InChI is InChI=1S/C15H20O3/c1-4-8-18-14(17)11-9-15(3)10(2)6-5-7-12(15)13(11)16/h1,10-12H,5-9H2,2-3H3. The molecule has 0 N–H and O–H groups in total. The smallest absolute Gasteiger partial charge is 0.317 e. The summed E-state index contributed by atoms with van der Waals surface area (Å²) in [5, 5.41) is 0. The van der Waals surface area contributed by atoms with E-state index in [9.17, 15) is 9.59 Å². The Morgan fingerprint density at radius 2 is 2.28 bits per heavy atom. The Hall–Kier alpha value is -1.30. The van der Waals surface area contributed by atoms with Crippen molar-refractivity contribution < 1.29 is 14.3 Å². The maximum Gasteiger partial charge on any atom is 0.317 e. The van der Waals surface area contributed by atoms with E-state index < -0.39 is 11.9 Å². The molecule has 0 spiro atoms. The van der Waals surface area contributed by atoms with Gasteiger partial charge < -0.3 is 4.74 Å². The third-order valence-corrected chi connectivity index (χ3v) is 4.96. The summed E-state index contributed by atoms with van der Waals surface area (Å²) < 4.78 is 4.94. The maximum absolute atomic E-state index is 12.3. The quantitative estimate of drug-likeness (QED) is 0.427. The van der Waals surface area contributed by atoms with Crippen molar-refractivity contribution in [1.29, 1.82) is 0 Å². The molecule has 3 heteroatoms. The first-order chi connectivity index (χ1) is 8.50. The van der Waals surface area contributed by atoms with Crippen molar-refractivity contribution in [2.75, 3.05) is 6.61 Å². The highest BCUT2D eigenvalue weighted by Crippen LogP contribution is 2.55. The summed E-state index contributed by atoms with van der Waals surface area (Å²) in [7, 11) is 0. The van der Waals surface area contributed by atoms with Crippen LogP contribution in [0.25, 0.3) is 0 Å². The molecule has 0 saturated heterocycles. The first-order valence-corrected chi connectivity index (χ1v) is 6.64. The number of esters is 1. The second-order valence-corrected chi connectivity index (χ2v) is 5.86. The molecule has 0 amide bonds. The molecule has 2 fully saturated rings. The van der Waals surface area contributed by atoms with E-state index in [-0.39, 0.29) is 23.7 Å². The fourth-order valence-electron chi connectivity index (χ4n) is 3.64. The van der Waals surface area contributed by atoms with Crippen molar-refractivity contribution in [2.24, 2.45) is 23.2 Å². The molecule has 18 heavy (non-hydrogen) atoms. The van der Waals surface area contributed by atoms with E-state index in [2.05, 4.69) is 19.8 Å². The predicted octanol–water partition coefficient (Wildman–Crippen LogP) is 2.19. The summed E-state index contributed by atoms with van der Waals surface area (Å²) >= 11 is 0.